The lowest BCUT2D eigenvalue weighted by molar-refractivity contribution is -0.119. The Balaban J connectivity index is 2.40. The van der Waals surface area contributed by atoms with E-state index in [1.165, 1.54) is 12.1 Å². The van der Waals surface area contributed by atoms with Gasteiger partial charge in [0.15, 0.2) is 0 Å². The summed E-state index contributed by atoms with van der Waals surface area (Å²) in [4.78, 5) is 21.2. The SMILES string of the molecule is O=NC(=O)[C@H]1CCc2cc(F)ccc21. The van der Waals surface area contributed by atoms with E-state index < -0.39 is 11.8 Å². The summed E-state index contributed by atoms with van der Waals surface area (Å²) in [5, 5.41) is 2.41. The van der Waals surface area contributed by atoms with Crippen LogP contribution in [-0.4, -0.2) is 5.91 Å². The number of carbonyl (C=O) groups is 1. The zero-order chi connectivity index (χ0) is 10.1. The number of rotatable bonds is 1. The third-order valence-electron chi connectivity index (χ3n) is 2.57. The Morgan fingerprint density at radius 1 is 1.50 bits per heavy atom. The Labute approximate surface area is 79.9 Å². The summed E-state index contributed by atoms with van der Waals surface area (Å²) in [5.41, 5.74) is 1.56. The first kappa shape index (κ1) is 8.99. The van der Waals surface area contributed by atoms with Gasteiger partial charge >= 0.3 is 0 Å². The van der Waals surface area contributed by atoms with Crippen LogP contribution in [-0.2, 0) is 11.2 Å². The maximum Gasteiger partial charge on any atom is 0.293 e. The van der Waals surface area contributed by atoms with Gasteiger partial charge in [-0.3, -0.25) is 4.79 Å². The second-order valence-corrected chi connectivity index (χ2v) is 3.36. The van der Waals surface area contributed by atoms with Crippen LogP contribution >= 0.6 is 0 Å². The van der Waals surface area contributed by atoms with Crippen LogP contribution in [0.2, 0.25) is 0 Å². The van der Waals surface area contributed by atoms with Crippen molar-refractivity contribution in [1.29, 1.82) is 0 Å². The van der Waals surface area contributed by atoms with E-state index >= 15 is 0 Å². The minimum Gasteiger partial charge on any atom is -0.268 e. The fourth-order valence-electron chi connectivity index (χ4n) is 1.91. The molecule has 1 aromatic carbocycles. The summed E-state index contributed by atoms with van der Waals surface area (Å²) in [6.07, 6.45) is 1.20. The van der Waals surface area contributed by atoms with Crippen molar-refractivity contribution in [1.82, 2.24) is 0 Å². The molecular weight excluding hydrogens is 185 g/mol. The van der Waals surface area contributed by atoms with Gasteiger partial charge in [0, 0.05) is 5.18 Å². The number of halogens is 1. The molecule has 0 saturated heterocycles. The Bertz CT molecular complexity index is 403. The van der Waals surface area contributed by atoms with Crippen molar-refractivity contribution in [3.8, 4) is 0 Å². The molecule has 2 rings (SSSR count). The van der Waals surface area contributed by atoms with Crippen molar-refractivity contribution >= 4 is 5.91 Å². The second-order valence-electron chi connectivity index (χ2n) is 3.36. The van der Waals surface area contributed by atoms with Gasteiger partial charge in [0.2, 0.25) is 0 Å². The summed E-state index contributed by atoms with van der Waals surface area (Å²) in [6.45, 7) is 0. The number of hydrogen-bond acceptors (Lipinski definition) is 2. The van der Waals surface area contributed by atoms with Gasteiger partial charge in [-0.2, -0.15) is 0 Å². The fraction of sp³-hybridized carbons (Fsp3) is 0.300. The standard InChI is InChI=1S/C10H8FNO2/c11-7-2-4-8-6(5-7)1-3-9(8)10(13)12-14/h2,4-5,9H,1,3H2/t9-/m0/s1. The quantitative estimate of drug-likeness (QED) is 0.641. The van der Waals surface area contributed by atoms with E-state index in [0.29, 0.717) is 12.8 Å². The maximum atomic E-state index is 12.8. The maximum absolute atomic E-state index is 12.8. The van der Waals surface area contributed by atoms with Gasteiger partial charge < -0.3 is 0 Å². The first-order chi connectivity index (χ1) is 6.72. The van der Waals surface area contributed by atoms with E-state index in [1.54, 1.807) is 6.07 Å². The molecule has 0 aliphatic heterocycles. The molecule has 0 heterocycles. The highest BCUT2D eigenvalue weighted by Gasteiger charge is 2.29. The highest BCUT2D eigenvalue weighted by molar-refractivity contribution is 5.85. The second kappa shape index (κ2) is 3.29. The number of aryl methyl sites for hydroxylation is 1. The molecule has 0 saturated carbocycles. The van der Waals surface area contributed by atoms with Crippen molar-refractivity contribution in [2.24, 2.45) is 5.18 Å². The lowest BCUT2D eigenvalue weighted by atomic mass is 10.0. The minimum absolute atomic E-state index is 0.309. The number of amides is 1. The van der Waals surface area contributed by atoms with Crippen molar-refractivity contribution in [3.05, 3.63) is 40.1 Å². The Morgan fingerprint density at radius 3 is 3.00 bits per heavy atom. The summed E-state index contributed by atoms with van der Waals surface area (Å²) < 4.78 is 12.8. The van der Waals surface area contributed by atoms with Gasteiger partial charge in [-0.1, -0.05) is 6.07 Å². The molecule has 1 aromatic rings. The third kappa shape index (κ3) is 1.32. The zero-order valence-electron chi connectivity index (χ0n) is 7.37. The van der Waals surface area contributed by atoms with Crippen LogP contribution in [0.1, 0.15) is 23.5 Å². The van der Waals surface area contributed by atoms with Crippen LogP contribution in [0.5, 0.6) is 0 Å². The van der Waals surface area contributed by atoms with Crippen LogP contribution < -0.4 is 0 Å². The largest absolute Gasteiger partial charge is 0.293 e. The lowest BCUT2D eigenvalue weighted by Gasteiger charge is -2.04. The number of fused-ring (bicyclic) bond motifs is 1. The molecule has 0 fully saturated rings. The number of benzene rings is 1. The third-order valence-corrected chi connectivity index (χ3v) is 2.57. The Kier molecular flexibility index (Phi) is 2.11. The van der Waals surface area contributed by atoms with E-state index in [0.717, 1.165) is 11.1 Å². The smallest absolute Gasteiger partial charge is 0.268 e. The minimum atomic E-state index is -0.657. The van der Waals surface area contributed by atoms with Gasteiger partial charge in [-0.15, -0.1) is 4.91 Å². The van der Waals surface area contributed by atoms with E-state index in [-0.39, 0.29) is 5.82 Å². The molecule has 0 N–H and O–H groups in total. The first-order valence-electron chi connectivity index (χ1n) is 4.38. The van der Waals surface area contributed by atoms with Gasteiger partial charge in [0.1, 0.15) is 5.82 Å². The highest BCUT2D eigenvalue weighted by atomic mass is 19.1. The molecule has 0 spiro atoms. The normalized spacial score (nSPS) is 19.1. The number of nitroso groups, excluding NO2 is 1. The summed E-state index contributed by atoms with van der Waals surface area (Å²) >= 11 is 0. The molecular formula is C10H8FNO2. The van der Waals surface area contributed by atoms with Crippen molar-refractivity contribution in [3.63, 3.8) is 0 Å². The first-order valence-corrected chi connectivity index (χ1v) is 4.38. The van der Waals surface area contributed by atoms with E-state index in [9.17, 15) is 14.1 Å². The number of nitrogens with zero attached hydrogens (tertiary/aromatic N) is 1. The Hall–Kier alpha value is -1.58. The molecule has 3 nitrogen and oxygen atoms in total. The molecule has 0 bridgehead atoms. The topological polar surface area (TPSA) is 46.5 Å². The Morgan fingerprint density at radius 2 is 2.29 bits per heavy atom. The molecule has 0 aromatic heterocycles. The average molecular weight is 193 g/mol. The van der Waals surface area contributed by atoms with Gasteiger partial charge in [-0.25, -0.2) is 4.39 Å². The predicted octanol–water partition coefficient (Wildman–Crippen LogP) is 2.15. The molecule has 0 unspecified atom stereocenters. The fourth-order valence-corrected chi connectivity index (χ4v) is 1.91. The average Bonchev–Trinajstić information content (AvgIpc) is 2.59. The highest BCUT2D eigenvalue weighted by Crippen LogP contribution is 2.34. The van der Waals surface area contributed by atoms with Crippen LogP contribution in [0, 0.1) is 10.7 Å². The summed E-state index contributed by atoms with van der Waals surface area (Å²) in [6, 6.07) is 4.27. The molecule has 72 valence electrons. The van der Waals surface area contributed by atoms with Gasteiger partial charge in [0.25, 0.3) is 5.91 Å². The predicted molar refractivity (Wildman–Crippen MR) is 48.3 cm³/mol. The van der Waals surface area contributed by atoms with E-state index in [1.807, 2.05) is 0 Å². The van der Waals surface area contributed by atoms with Crippen molar-refractivity contribution < 1.29 is 9.18 Å². The van der Waals surface area contributed by atoms with Gasteiger partial charge in [0.05, 0.1) is 5.92 Å². The number of hydrogen-bond donors (Lipinski definition) is 0. The number of carbonyl (C=O) groups excluding carboxylic acids is 1. The summed E-state index contributed by atoms with van der Waals surface area (Å²) in [5.74, 6) is -1.42. The van der Waals surface area contributed by atoms with Crippen LogP contribution in [0.15, 0.2) is 23.4 Å². The van der Waals surface area contributed by atoms with E-state index in [2.05, 4.69) is 5.18 Å². The van der Waals surface area contributed by atoms with Crippen LogP contribution in [0.25, 0.3) is 0 Å². The monoisotopic (exact) mass is 193 g/mol. The molecule has 4 heteroatoms. The molecule has 1 aliphatic carbocycles. The molecule has 1 atom stereocenters. The molecule has 0 radical (unpaired) electrons. The lowest BCUT2D eigenvalue weighted by Crippen LogP contribution is -2.05. The zero-order valence-corrected chi connectivity index (χ0v) is 7.37. The molecule has 14 heavy (non-hydrogen) atoms. The van der Waals surface area contributed by atoms with E-state index in [4.69, 9.17) is 0 Å². The van der Waals surface area contributed by atoms with Crippen LogP contribution in [0.3, 0.4) is 0 Å². The molecule has 1 aliphatic rings. The van der Waals surface area contributed by atoms with Crippen LogP contribution in [0.4, 0.5) is 4.39 Å². The van der Waals surface area contributed by atoms with Gasteiger partial charge in [-0.05, 0) is 36.1 Å². The molecule has 1 amide bonds. The summed E-state index contributed by atoms with van der Waals surface area (Å²) in [7, 11) is 0. The van der Waals surface area contributed by atoms with Crippen molar-refractivity contribution in [2.75, 3.05) is 0 Å². The van der Waals surface area contributed by atoms with Crippen molar-refractivity contribution in [2.45, 2.75) is 18.8 Å².